The maximum Gasteiger partial charge on any atom is 0.325 e. The quantitative estimate of drug-likeness (QED) is 0.337. The number of hydrogen-bond donors (Lipinski definition) is 3. The van der Waals surface area contributed by atoms with Gasteiger partial charge in [0.05, 0.1) is 6.54 Å². The van der Waals surface area contributed by atoms with Crippen molar-refractivity contribution in [3.8, 4) is 11.5 Å². The fourth-order valence-electron chi connectivity index (χ4n) is 7.37. The van der Waals surface area contributed by atoms with Crippen LogP contribution in [0.15, 0.2) is 42.5 Å². The highest BCUT2D eigenvalue weighted by Crippen LogP contribution is 2.63. The Morgan fingerprint density at radius 3 is 2.82 bits per heavy atom. The minimum Gasteiger partial charge on any atom is -0.484 e. The van der Waals surface area contributed by atoms with Gasteiger partial charge in [0.2, 0.25) is 5.91 Å². The van der Waals surface area contributed by atoms with E-state index < -0.39 is 12.8 Å². The highest BCUT2D eigenvalue weighted by Gasteiger charge is 2.65. The summed E-state index contributed by atoms with van der Waals surface area (Å²) in [6, 6.07) is 13.9. The first kappa shape index (κ1) is 25.2. The number of likely N-dealkylation sites (tertiary alicyclic amines) is 1. The Balaban J connectivity index is 1.12. The van der Waals surface area contributed by atoms with Crippen molar-refractivity contribution >= 4 is 11.9 Å². The van der Waals surface area contributed by atoms with Crippen molar-refractivity contribution in [3.63, 3.8) is 0 Å². The lowest BCUT2D eigenvalue weighted by Crippen LogP contribution is -2.68. The van der Waals surface area contributed by atoms with E-state index in [-0.39, 0.29) is 43.2 Å². The van der Waals surface area contributed by atoms with Gasteiger partial charge in [-0.2, -0.15) is 0 Å². The molecule has 2 aliphatic carbocycles. The van der Waals surface area contributed by atoms with Gasteiger partial charge in [0.25, 0.3) is 0 Å². The highest BCUT2D eigenvalue weighted by molar-refractivity contribution is 5.83. The summed E-state index contributed by atoms with van der Waals surface area (Å²) in [5.41, 5.74) is 3.31. The van der Waals surface area contributed by atoms with Crippen molar-refractivity contribution in [3.05, 3.63) is 59.2 Å². The number of carbonyl (C=O) groups excluding carboxylic acids is 2. The van der Waals surface area contributed by atoms with Crippen LogP contribution >= 0.6 is 0 Å². The summed E-state index contributed by atoms with van der Waals surface area (Å²) in [5.74, 6) is 1.08. The second-order valence-electron chi connectivity index (χ2n) is 10.9. The van der Waals surface area contributed by atoms with Crippen molar-refractivity contribution in [2.75, 3.05) is 33.5 Å². The molecule has 3 N–H and O–H groups in total. The number of hydrogen-bond acceptors (Lipinski definition) is 8. The molecule has 0 aromatic heterocycles. The fourth-order valence-corrected chi connectivity index (χ4v) is 7.37. The zero-order valence-electron chi connectivity index (χ0n) is 21.7. The smallest absolute Gasteiger partial charge is 0.325 e. The zero-order valence-corrected chi connectivity index (χ0v) is 21.7. The number of benzene rings is 2. The van der Waals surface area contributed by atoms with Gasteiger partial charge >= 0.3 is 5.97 Å². The van der Waals surface area contributed by atoms with Crippen molar-refractivity contribution in [1.82, 2.24) is 15.5 Å². The van der Waals surface area contributed by atoms with Crippen molar-refractivity contribution in [2.24, 2.45) is 5.92 Å². The molecular weight excluding hydrogens is 486 g/mol. The van der Waals surface area contributed by atoms with Gasteiger partial charge in [-0.1, -0.05) is 36.4 Å². The third-order valence-corrected chi connectivity index (χ3v) is 9.00. The number of nitrogens with zero attached hydrogens (tertiary/aromatic N) is 1. The number of carbonyl (C=O) groups is 2. The molecule has 5 atom stereocenters. The molecule has 1 saturated heterocycles. The van der Waals surface area contributed by atoms with Gasteiger partial charge in [-0.25, -0.2) is 0 Å². The molecule has 2 aliphatic heterocycles. The maximum absolute atomic E-state index is 12.6. The van der Waals surface area contributed by atoms with Crippen LogP contribution in [0, 0.1) is 5.92 Å². The number of nitrogens with one attached hydrogen (secondary N) is 2. The van der Waals surface area contributed by atoms with E-state index in [0.29, 0.717) is 17.7 Å². The zero-order chi connectivity index (χ0) is 26.3. The number of esters is 1. The normalized spacial score (nSPS) is 28.7. The van der Waals surface area contributed by atoms with Crippen molar-refractivity contribution in [2.45, 2.75) is 55.9 Å². The molecule has 2 fully saturated rings. The Kier molecular flexibility index (Phi) is 6.75. The van der Waals surface area contributed by atoms with E-state index in [2.05, 4.69) is 28.6 Å². The van der Waals surface area contributed by atoms with Crippen LogP contribution in [0.3, 0.4) is 0 Å². The molecule has 2 heterocycles. The van der Waals surface area contributed by atoms with Crippen LogP contribution in [-0.4, -0.2) is 73.5 Å². The number of aliphatic hydroxyl groups excluding tert-OH is 1. The standard InChI is InChI=1S/C29H35N3O6/c1-32-12-11-29-20-8-9-21(30-14-24(34)31-15-25(35)36-16-18-5-3-2-4-6-18)28(29)38-27-23(37-17-33)10-7-19(26(27)29)13-22(20)32/h2-7,10,20-22,28,30,33H,8-9,11-17H2,1H3,(H,31,34)/t20-,21?,22+,28?,29-/m0/s1. The molecule has 202 valence electrons. The SMILES string of the molecule is CN1CC[C@]23c4c5ccc(OCO)c4OC2C(NCC(=O)NCC(=O)OCc2ccccc2)CC[C@H]3[C@H]1C5. The molecule has 6 rings (SSSR count). The number of rotatable bonds is 9. The van der Waals surface area contributed by atoms with Gasteiger partial charge in [-0.3, -0.25) is 9.59 Å². The van der Waals surface area contributed by atoms with E-state index in [0.717, 1.165) is 43.5 Å². The average molecular weight is 522 g/mol. The monoisotopic (exact) mass is 521 g/mol. The lowest BCUT2D eigenvalue weighted by Gasteiger charge is -2.59. The summed E-state index contributed by atoms with van der Waals surface area (Å²) in [6.45, 7) is 0.678. The van der Waals surface area contributed by atoms with Gasteiger partial charge < -0.3 is 34.9 Å². The highest BCUT2D eigenvalue weighted by atomic mass is 16.6. The minimum atomic E-state index is -0.473. The van der Waals surface area contributed by atoms with Gasteiger partial charge in [0, 0.05) is 23.1 Å². The van der Waals surface area contributed by atoms with Crippen LogP contribution in [0.5, 0.6) is 11.5 Å². The topological polar surface area (TPSA) is 109 Å². The van der Waals surface area contributed by atoms with Crippen LogP contribution < -0.4 is 20.1 Å². The first-order valence-corrected chi connectivity index (χ1v) is 13.5. The van der Waals surface area contributed by atoms with E-state index >= 15 is 0 Å². The molecule has 2 aromatic rings. The first-order chi connectivity index (χ1) is 18.5. The lowest BCUT2D eigenvalue weighted by molar-refractivity contribution is -0.145. The molecule has 2 bridgehead atoms. The summed E-state index contributed by atoms with van der Waals surface area (Å²) < 4.78 is 17.5. The average Bonchev–Trinajstić information content (AvgIpc) is 3.29. The van der Waals surface area contributed by atoms with Gasteiger partial charge in [0.1, 0.15) is 19.3 Å². The number of ether oxygens (including phenoxy) is 3. The molecule has 2 unspecified atom stereocenters. The Morgan fingerprint density at radius 1 is 1.16 bits per heavy atom. The van der Waals surface area contributed by atoms with Gasteiger partial charge in [-0.15, -0.1) is 0 Å². The molecule has 1 saturated carbocycles. The van der Waals surface area contributed by atoms with E-state index in [1.165, 1.54) is 11.1 Å². The summed E-state index contributed by atoms with van der Waals surface area (Å²) in [7, 11) is 2.22. The molecule has 2 aromatic carbocycles. The molecule has 0 radical (unpaired) electrons. The number of likely N-dealkylation sites (N-methyl/N-ethyl adjacent to an activating group) is 1. The summed E-state index contributed by atoms with van der Waals surface area (Å²) in [4.78, 5) is 27.2. The largest absolute Gasteiger partial charge is 0.484 e. The second kappa shape index (κ2) is 10.2. The Bertz CT molecular complexity index is 1210. The van der Waals surface area contributed by atoms with E-state index in [1.54, 1.807) is 0 Å². The number of aliphatic hydroxyl groups is 1. The van der Waals surface area contributed by atoms with Crippen molar-refractivity contribution < 1.29 is 28.9 Å². The predicted octanol–water partition coefficient (Wildman–Crippen LogP) is 1.50. The van der Waals surface area contributed by atoms with E-state index in [9.17, 15) is 14.7 Å². The minimum absolute atomic E-state index is 0.0218. The first-order valence-electron chi connectivity index (χ1n) is 13.5. The Morgan fingerprint density at radius 2 is 2.00 bits per heavy atom. The number of piperidine rings is 1. The van der Waals surface area contributed by atoms with Crippen molar-refractivity contribution in [1.29, 1.82) is 0 Å². The van der Waals surface area contributed by atoms with Crippen LogP contribution in [0.2, 0.25) is 0 Å². The Labute approximate surface area is 222 Å². The summed E-state index contributed by atoms with van der Waals surface area (Å²) in [6.07, 6.45) is 3.78. The lowest BCUT2D eigenvalue weighted by atomic mass is 9.51. The molecule has 4 aliphatic rings. The summed E-state index contributed by atoms with van der Waals surface area (Å²) >= 11 is 0. The van der Waals surface area contributed by atoms with Crippen LogP contribution in [0.1, 0.15) is 36.0 Å². The molecule has 1 spiro atoms. The molecule has 9 heteroatoms. The maximum atomic E-state index is 12.6. The van der Waals surface area contributed by atoms with Crippen LogP contribution in [0.4, 0.5) is 0 Å². The molecule has 9 nitrogen and oxygen atoms in total. The number of amides is 1. The molecular formula is C29H35N3O6. The molecule has 1 amide bonds. The van der Waals surface area contributed by atoms with Crippen LogP contribution in [-0.2, 0) is 32.8 Å². The van der Waals surface area contributed by atoms with E-state index in [1.807, 2.05) is 36.4 Å². The fraction of sp³-hybridized carbons (Fsp3) is 0.517. The predicted molar refractivity (Wildman–Crippen MR) is 139 cm³/mol. The van der Waals surface area contributed by atoms with Crippen LogP contribution in [0.25, 0.3) is 0 Å². The Hall–Kier alpha value is -3.14. The third-order valence-electron chi connectivity index (χ3n) is 9.00. The van der Waals surface area contributed by atoms with Gasteiger partial charge in [0.15, 0.2) is 18.3 Å². The summed E-state index contributed by atoms with van der Waals surface area (Å²) in [5, 5.41) is 15.6. The molecule has 38 heavy (non-hydrogen) atoms. The second-order valence-corrected chi connectivity index (χ2v) is 10.9. The van der Waals surface area contributed by atoms with E-state index in [4.69, 9.17) is 14.2 Å². The van der Waals surface area contributed by atoms with Gasteiger partial charge in [-0.05, 0) is 62.4 Å². The third kappa shape index (κ3) is 4.22.